The summed E-state index contributed by atoms with van der Waals surface area (Å²) in [4.78, 5) is 12.1. The van der Waals surface area contributed by atoms with Crippen molar-refractivity contribution < 1.29 is 4.79 Å². The summed E-state index contributed by atoms with van der Waals surface area (Å²) < 4.78 is 2.13. The zero-order valence-electron chi connectivity index (χ0n) is 13.1. The van der Waals surface area contributed by atoms with Crippen LogP contribution < -0.4 is 10.6 Å². The van der Waals surface area contributed by atoms with E-state index >= 15 is 0 Å². The molecule has 6 heteroatoms. The summed E-state index contributed by atoms with van der Waals surface area (Å²) in [7, 11) is 0. The van der Waals surface area contributed by atoms with Crippen molar-refractivity contribution in [3.05, 3.63) is 11.6 Å². The van der Waals surface area contributed by atoms with E-state index in [0.717, 1.165) is 49.3 Å². The van der Waals surface area contributed by atoms with Gasteiger partial charge in [0, 0.05) is 19.0 Å². The van der Waals surface area contributed by atoms with Gasteiger partial charge in [0.1, 0.15) is 5.82 Å². The van der Waals surface area contributed by atoms with E-state index in [1.54, 1.807) is 0 Å². The first-order chi connectivity index (χ1) is 10.8. The number of urea groups is 1. The second kappa shape index (κ2) is 5.89. The van der Waals surface area contributed by atoms with Crippen molar-refractivity contribution in [2.24, 2.45) is 11.8 Å². The number of fused-ring (bicyclic) bond motifs is 1. The molecule has 2 saturated carbocycles. The fourth-order valence-electron chi connectivity index (χ4n) is 4.09. The molecule has 1 aromatic rings. The van der Waals surface area contributed by atoms with Gasteiger partial charge in [-0.25, -0.2) is 4.79 Å². The van der Waals surface area contributed by atoms with E-state index in [4.69, 9.17) is 0 Å². The predicted molar refractivity (Wildman–Crippen MR) is 82.2 cm³/mol. The number of rotatable bonds is 4. The molecule has 6 nitrogen and oxygen atoms in total. The molecule has 2 aliphatic carbocycles. The lowest BCUT2D eigenvalue weighted by molar-refractivity contribution is 0.220. The Bertz CT molecular complexity index is 551. The zero-order valence-corrected chi connectivity index (χ0v) is 13.1. The van der Waals surface area contributed by atoms with Gasteiger partial charge in [0.15, 0.2) is 5.82 Å². The SMILES string of the molecule is O=C(NCc1nnc2n1CCC2)N[C@@H]1CCC[C@H](C2CC2)C1. The summed E-state index contributed by atoms with van der Waals surface area (Å²) in [5.74, 6) is 3.73. The third kappa shape index (κ3) is 2.96. The highest BCUT2D eigenvalue weighted by Gasteiger charge is 2.35. The molecule has 0 aromatic carbocycles. The first-order valence-corrected chi connectivity index (χ1v) is 8.75. The Morgan fingerprint density at radius 1 is 1.14 bits per heavy atom. The molecule has 2 heterocycles. The van der Waals surface area contributed by atoms with E-state index in [9.17, 15) is 4.79 Å². The first kappa shape index (κ1) is 14.0. The first-order valence-electron chi connectivity index (χ1n) is 8.75. The van der Waals surface area contributed by atoms with Crippen LogP contribution in [0.25, 0.3) is 0 Å². The van der Waals surface area contributed by atoms with E-state index in [-0.39, 0.29) is 6.03 Å². The second-order valence-corrected chi connectivity index (χ2v) is 7.08. The topological polar surface area (TPSA) is 71.8 Å². The monoisotopic (exact) mass is 303 g/mol. The largest absolute Gasteiger partial charge is 0.335 e. The molecule has 0 spiro atoms. The van der Waals surface area contributed by atoms with E-state index in [2.05, 4.69) is 25.4 Å². The third-order valence-electron chi connectivity index (χ3n) is 5.43. The van der Waals surface area contributed by atoms with Gasteiger partial charge >= 0.3 is 6.03 Å². The highest BCUT2D eigenvalue weighted by Crippen LogP contribution is 2.43. The molecule has 0 saturated heterocycles. The lowest BCUT2D eigenvalue weighted by Gasteiger charge is -2.29. The molecule has 2 atom stereocenters. The van der Waals surface area contributed by atoms with Crippen LogP contribution in [0, 0.1) is 11.8 Å². The minimum Gasteiger partial charge on any atom is -0.335 e. The Hall–Kier alpha value is -1.59. The lowest BCUT2D eigenvalue weighted by atomic mass is 9.83. The van der Waals surface area contributed by atoms with E-state index in [0.29, 0.717) is 12.6 Å². The molecule has 1 aromatic heterocycles. The molecule has 4 rings (SSSR count). The molecule has 2 fully saturated rings. The molecular weight excluding hydrogens is 278 g/mol. The number of carbonyl (C=O) groups is 1. The molecular formula is C16H25N5O. The van der Waals surface area contributed by atoms with Crippen LogP contribution in [0.2, 0.25) is 0 Å². The number of hydrogen-bond acceptors (Lipinski definition) is 3. The third-order valence-corrected chi connectivity index (χ3v) is 5.43. The molecule has 0 unspecified atom stereocenters. The lowest BCUT2D eigenvalue weighted by Crippen LogP contribution is -2.44. The van der Waals surface area contributed by atoms with Crippen LogP contribution in [-0.4, -0.2) is 26.8 Å². The van der Waals surface area contributed by atoms with E-state index in [1.807, 2.05) is 0 Å². The molecule has 0 radical (unpaired) electrons. The van der Waals surface area contributed by atoms with Crippen LogP contribution in [0.1, 0.15) is 56.6 Å². The number of carbonyl (C=O) groups excluding carboxylic acids is 1. The Morgan fingerprint density at radius 2 is 2.05 bits per heavy atom. The summed E-state index contributed by atoms with van der Waals surface area (Å²) in [6.45, 7) is 1.45. The molecule has 3 aliphatic rings. The Morgan fingerprint density at radius 3 is 2.91 bits per heavy atom. The van der Waals surface area contributed by atoms with Gasteiger partial charge in [0.25, 0.3) is 0 Å². The summed E-state index contributed by atoms with van der Waals surface area (Å²) >= 11 is 0. The number of nitrogens with one attached hydrogen (secondary N) is 2. The highest BCUT2D eigenvalue weighted by atomic mass is 16.2. The average Bonchev–Trinajstić information content (AvgIpc) is 3.14. The van der Waals surface area contributed by atoms with Crippen molar-refractivity contribution in [1.29, 1.82) is 0 Å². The number of nitrogens with zero attached hydrogens (tertiary/aromatic N) is 3. The van der Waals surface area contributed by atoms with Crippen molar-refractivity contribution in [3.63, 3.8) is 0 Å². The van der Waals surface area contributed by atoms with Crippen molar-refractivity contribution in [2.45, 2.75) is 70.5 Å². The quantitative estimate of drug-likeness (QED) is 0.893. The van der Waals surface area contributed by atoms with Crippen LogP contribution in [0.4, 0.5) is 4.79 Å². The number of hydrogen-bond donors (Lipinski definition) is 2. The van der Waals surface area contributed by atoms with Gasteiger partial charge in [-0.05, 0) is 43.9 Å². The minimum atomic E-state index is -0.0585. The Balaban J connectivity index is 1.25. The standard InChI is InChI=1S/C16H25N5O/c22-16(17-10-15-20-19-14-5-2-8-21(14)15)18-13-4-1-3-12(9-13)11-6-7-11/h11-13H,1-10H2,(H2,17,18,22)/t12-,13+/m0/s1. The maximum absolute atomic E-state index is 12.1. The van der Waals surface area contributed by atoms with Crippen LogP contribution in [0.5, 0.6) is 0 Å². The van der Waals surface area contributed by atoms with Gasteiger partial charge in [-0.1, -0.05) is 12.8 Å². The molecule has 120 valence electrons. The van der Waals surface area contributed by atoms with Crippen LogP contribution >= 0.6 is 0 Å². The van der Waals surface area contributed by atoms with Crippen LogP contribution in [-0.2, 0) is 19.5 Å². The zero-order chi connectivity index (χ0) is 14.9. The Kier molecular flexibility index (Phi) is 3.76. The van der Waals surface area contributed by atoms with Crippen molar-refractivity contribution in [2.75, 3.05) is 0 Å². The Labute approximate surface area is 131 Å². The fourth-order valence-corrected chi connectivity index (χ4v) is 4.09. The smallest absolute Gasteiger partial charge is 0.315 e. The van der Waals surface area contributed by atoms with Gasteiger partial charge in [0.2, 0.25) is 0 Å². The van der Waals surface area contributed by atoms with E-state index in [1.165, 1.54) is 32.1 Å². The van der Waals surface area contributed by atoms with Gasteiger partial charge in [-0.3, -0.25) is 0 Å². The normalized spacial score (nSPS) is 27.5. The van der Waals surface area contributed by atoms with Gasteiger partial charge in [0.05, 0.1) is 6.54 Å². The highest BCUT2D eigenvalue weighted by molar-refractivity contribution is 5.74. The van der Waals surface area contributed by atoms with Crippen molar-refractivity contribution >= 4 is 6.03 Å². The van der Waals surface area contributed by atoms with Crippen molar-refractivity contribution in [1.82, 2.24) is 25.4 Å². The summed E-state index contributed by atoms with van der Waals surface area (Å²) in [6.07, 6.45) is 9.84. The second-order valence-electron chi connectivity index (χ2n) is 7.08. The van der Waals surface area contributed by atoms with Crippen molar-refractivity contribution in [3.8, 4) is 0 Å². The number of amides is 2. The molecule has 22 heavy (non-hydrogen) atoms. The number of aromatic nitrogens is 3. The summed E-state index contributed by atoms with van der Waals surface area (Å²) in [5.41, 5.74) is 0. The molecule has 0 bridgehead atoms. The van der Waals surface area contributed by atoms with Crippen LogP contribution in [0.15, 0.2) is 0 Å². The molecule has 1 aliphatic heterocycles. The van der Waals surface area contributed by atoms with Crippen LogP contribution in [0.3, 0.4) is 0 Å². The summed E-state index contributed by atoms with van der Waals surface area (Å²) in [6, 6.07) is 0.292. The summed E-state index contributed by atoms with van der Waals surface area (Å²) in [5, 5.41) is 14.4. The predicted octanol–water partition coefficient (Wildman–Crippen LogP) is 1.99. The fraction of sp³-hybridized carbons (Fsp3) is 0.812. The molecule has 2 N–H and O–H groups in total. The van der Waals surface area contributed by atoms with Gasteiger partial charge in [-0.15, -0.1) is 10.2 Å². The van der Waals surface area contributed by atoms with Gasteiger partial charge in [-0.2, -0.15) is 0 Å². The average molecular weight is 303 g/mol. The maximum Gasteiger partial charge on any atom is 0.315 e. The number of aryl methyl sites for hydroxylation is 1. The van der Waals surface area contributed by atoms with E-state index < -0.39 is 0 Å². The maximum atomic E-state index is 12.1. The minimum absolute atomic E-state index is 0.0585. The molecule has 2 amide bonds. The van der Waals surface area contributed by atoms with Gasteiger partial charge < -0.3 is 15.2 Å².